The van der Waals surface area contributed by atoms with Crippen LogP contribution in [0.25, 0.3) is 0 Å². The Balaban J connectivity index is 0.00000169. The average Bonchev–Trinajstić information content (AvgIpc) is 2.15. The van der Waals surface area contributed by atoms with E-state index in [1.807, 2.05) is 5.48 Å². The van der Waals surface area contributed by atoms with Crippen LogP contribution in [-0.2, 0) is 4.79 Å². The number of hydrogen-bond donors (Lipinski definition) is 1. The van der Waals surface area contributed by atoms with Crippen LogP contribution in [0.3, 0.4) is 0 Å². The Kier molecular flexibility index (Phi) is 5.94. The molecule has 0 bridgehead atoms. The molecule has 0 heterocycles. The third-order valence-corrected chi connectivity index (χ3v) is 1.32. The summed E-state index contributed by atoms with van der Waals surface area (Å²) in [5, 5.41) is 10.5. The first-order valence-electron chi connectivity index (χ1n) is 3.42. The molecule has 0 aliphatic heterocycles. The van der Waals surface area contributed by atoms with Crippen LogP contribution in [0, 0.1) is 0 Å². The van der Waals surface area contributed by atoms with Gasteiger partial charge in [0, 0.05) is 5.56 Å². The Morgan fingerprint density at radius 2 is 2.07 bits per heavy atom. The van der Waals surface area contributed by atoms with Gasteiger partial charge in [-0.05, 0) is 12.1 Å². The molecule has 0 unspecified atom stereocenters. The minimum atomic E-state index is -1.36. The topological polar surface area (TPSA) is 78.5 Å². The molecular weight excluding hydrogens is 197 g/mol. The average molecular weight is 203 g/mol. The number of aromatic carboxylic acids is 1. The van der Waals surface area contributed by atoms with E-state index >= 15 is 0 Å². The molecule has 1 N–H and O–H groups in total. The summed E-state index contributed by atoms with van der Waals surface area (Å²) in [5.41, 5.74) is 1.77. The monoisotopic (exact) mass is 203 g/mol. The summed E-state index contributed by atoms with van der Waals surface area (Å²) in [7, 11) is 0. The van der Waals surface area contributed by atoms with Crippen LogP contribution in [-0.4, -0.2) is 12.4 Å². The zero-order valence-electron chi connectivity index (χ0n) is 7.52. The number of carboxylic acids is 1. The van der Waals surface area contributed by atoms with E-state index in [0.717, 1.165) is 0 Å². The van der Waals surface area contributed by atoms with Crippen LogP contribution in [0.5, 0.6) is 5.75 Å². The van der Waals surface area contributed by atoms with Crippen molar-refractivity contribution in [2.24, 2.45) is 0 Å². The minimum absolute atomic E-state index is 0. The largest absolute Gasteiger partial charge is 1.00 e. The summed E-state index contributed by atoms with van der Waals surface area (Å²) in [5.74, 6) is -1.32. The third-order valence-electron chi connectivity index (χ3n) is 1.32. The molecule has 0 spiro atoms. The molecule has 0 aliphatic carbocycles. The molecule has 1 rings (SSSR count). The predicted octanol–water partition coefficient (Wildman–Crippen LogP) is -3.91. The molecule has 6 heteroatoms. The summed E-state index contributed by atoms with van der Waals surface area (Å²) in [4.78, 5) is 24.9. The Morgan fingerprint density at radius 3 is 2.64 bits per heavy atom. The van der Waals surface area contributed by atoms with Crippen molar-refractivity contribution in [3.63, 3.8) is 0 Å². The summed E-state index contributed by atoms with van der Waals surface area (Å²) in [6, 6.07) is 5.83. The van der Waals surface area contributed by atoms with Gasteiger partial charge >= 0.3 is 29.6 Å². The second-order valence-electron chi connectivity index (χ2n) is 2.12. The van der Waals surface area contributed by atoms with Crippen LogP contribution in [0.4, 0.5) is 0 Å². The van der Waals surface area contributed by atoms with E-state index in [-0.39, 0.29) is 40.9 Å². The second kappa shape index (κ2) is 6.42. The maximum absolute atomic E-state index is 10.5. The summed E-state index contributed by atoms with van der Waals surface area (Å²) in [6.07, 6.45) is 0.298. The normalized spacial score (nSPS) is 8.29. The molecule has 0 saturated heterocycles. The molecule has 0 atom stereocenters. The van der Waals surface area contributed by atoms with Crippen molar-refractivity contribution in [3.8, 4) is 5.75 Å². The quantitative estimate of drug-likeness (QED) is 0.308. The predicted molar refractivity (Wildman–Crippen MR) is 40.6 cm³/mol. The van der Waals surface area contributed by atoms with Crippen LogP contribution >= 0.6 is 0 Å². The van der Waals surface area contributed by atoms with E-state index in [1.165, 1.54) is 18.2 Å². The van der Waals surface area contributed by atoms with Crippen LogP contribution in [0.2, 0.25) is 0 Å². The van der Waals surface area contributed by atoms with E-state index in [9.17, 15) is 14.7 Å². The van der Waals surface area contributed by atoms with E-state index < -0.39 is 5.97 Å². The Morgan fingerprint density at radius 1 is 1.43 bits per heavy atom. The number of para-hydroxylation sites is 1. The molecule has 0 aliphatic rings. The Hall–Kier alpha value is -1.04. The SMILES string of the molecule is O=CNOc1ccccc1C(=O)[O-].[Na+]. The first-order chi connectivity index (χ1) is 6.25. The molecular formula is C8H6NNaO4. The maximum atomic E-state index is 10.5. The molecule has 0 radical (unpaired) electrons. The van der Waals surface area contributed by atoms with Crippen molar-refractivity contribution in [1.29, 1.82) is 0 Å². The van der Waals surface area contributed by atoms with E-state index in [4.69, 9.17) is 0 Å². The third kappa shape index (κ3) is 3.37. The molecule has 0 fully saturated rings. The zero-order valence-corrected chi connectivity index (χ0v) is 9.52. The number of amides is 1. The van der Waals surface area contributed by atoms with Crippen molar-refractivity contribution >= 4 is 12.4 Å². The molecule has 0 saturated carbocycles. The van der Waals surface area contributed by atoms with Gasteiger partial charge in [-0.25, -0.2) is 0 Å². The fourth-order valence-corrected chi connectivity index (χ4v) is 0.812. The van der Waals surface area contributed by atoms with Gasteiger partial charge in [0.2, 0.25) is 6.41 Å². The van der Waals surface area contributed by atoms with Gasteiger partial charge < -0.3 is 14.7 Å². The summed E-state index contributed by atoms with van der Waals surface area (Å²) in [6.45, 7) is 0. The number of carbonyl (C=O) groups excluding carboxylic acids is 2. The fourth-order valence-electron chi connectivity index (χ4n) is 0.812. The maximum Gasteiger partial charge on any atom is 1.00 e. The standard InChI is InChI=1S/C8H7NO4.Na/c10-5-9-13-7-4-2-1-3-6(7)8(11)12;/h1-5H,(H,9,10)(H,11,12);/q;+1/p-1. The zero-order chi connectivity index (χ0) is 9.68. The molecule has 5 nitrogen and oxygen atoms in total. The summed E-state index contributed by atoms with van der Waals surface area (Å²) < 4.78 is 0. The second-order valence-corrected chi connectivity index (χ2v) is 2.12. The van der Waals surface area contributed by atoms with E-state index in [1.54, 1.807) is 6.07 Å². The van der Waals surface area contributed by atoms with Crippen molar-refractivity contribution in [2.75, 3.05) is 0 Å². The number of benzene rings is 1. The Labute approximate surface area is 102 Å². The number of rotatable bonds is 4. The van der Waals surface area contributed by atoms with Gasteiger partial charge in [0.15, 0.2) is 5.75 Å². The number of hydroxylamine groups is 1. The van der Waals surface area contributed by atoms with Crippen molar-refractivity contribution in [3.05, 3.63) is 29.8 Å². The minimum Gasteiger partial charge on any atom is -0.545 e. The molecule has 1 aromatic rings. The Bertz CT molecular complexity index is 329. The van der Waals surface area contributed by atoms with Crippen molar-refractivity contribution in [1.82, 2.24) is 5.48 Å². The van der Waals surface area contributed by atoms with Gasteiger partial charge in [0.1, 0.15) is 0 Å². The smallest absolute Gasteiger partial charge is 0.545 e. The van der Waals surface area contributed by atoms with Gasteiger partial charge in [-0.3, -0.25) is 4.79 Å². The van der Waals surface area contributed by atoms with Gasteiger partial charge in [0.05, 0.1) is 5.97 Å². The van der Waals surface area contributed by atoms with Gasteiger partial charge in [-0.1, -0.05) is 12.1 Å². The first kappa shape index (κ1) is 13.0. The molecule has 0 aromatic heterocycles. The summed E-state index contributed by atoms with van der Waals surface area (Å²) >= 11 is 0. The number of hydrogen-bond acceptors (Lipinski definition) is 4. The van der Waals surface area contributed by atoms with E-state index in [2.05, 4.69) is 4.84 Å². The molecule has 14 heavy (non-hydrogen) atoms. The number of carboxylic acid groups (broad SMARTS) is 1. The molecule has 1 aromatic carbocycles. The van der Waals surface area contributed by atoms with Crippen LogP contribution in [0.1, 0.15) is 10.4 Å². The van der Waals surface area contributed by atoms with E-state index in [0.29, 0.717) is 6.41 Å². The van der Waals surface area contributed by atoms with Gasteiger partial charge in [0.25, 0.3) is 0 Å². The van der Waals surface area contributed by atoms with Crippen LogP contribution < -0.4 is 45.0 Å². The number of carbonyl (C=O) groups is 2. The van der Waals surface area contributed by atoms with Gasteiger partial charge in [-0.2, -0.15) is 5.48 Å². The van der Waals surface area contributed by atoms with Crippen LogP contribution in [0.15, 0.2) is 24.3 Å². The van der Waals surface area contributed by atoms with Crippen molar-refractivity contribution < 1.29 is 49.1 Å². The fraction of sp³-hybridized carbons (Fsp3) is 0. The molecule has 68 valence electrons. The first-order valence-corrected chi connectivity index (χ1v) is 3.42. The molecule has 1 amide bonds. The van der Waals surface area contributed by atoms with Crippen molar-refractivity contribution in [2.45, 2.75) is 0 Å². The van der Waals surface area contributed by atoms with Gasteiger partial charge in [-0.15, -0.1) is 0 Å². The number of nitrogens with one attached hydrogen (secondary N) is 1.